The van der Waals surface area contributed by atoms with Gasteiger partial charge in [-0.3, -0.25) is 4.98 Å². The SMILES string of the molecule is CCNC(Cc1ccc(C(F)(F)F)cn1)C(C)(C)C. The van der Waals surface area contributed by atoms with Crippen LogP contribution >= 0.6 is 0 Å². The fourth-order valence-corrected chi connectivity index (χ4v) is 1.85. The summed E-state index contributed by atoms with van der Waals surface area (Å²) in [7, 11) is 0. The maximum absolute atomic E-state index is 12.4. The molecule has 0 saturated carbocycles. The number of halogens is 3. The maximum atomic E-state index is 12.4. The molecule has 0 aromatic carbocycles. The lowest BCUT2D eigenvalue weighted by molar-refractivity contribution is -0.137. The molecule has 1 unspecified atom stereocenters. The fraction of sp³-hybridized carbons (Fsp3) is 0.643. The van der Waals surface area contributed by atoms with Crippen molar-refractivity contribution in [2.45, 2.75) is 46.3 Å². The van der Waals surface area contributed by atoms with Gasteiger partial charge in [-0.15, -0.1) is 0 Å². The summed E-state index contributed by atoms with van der Waals surface area (Å²) in [6, 6.07) is 2.73. The first-order chi connectivity index (χ1) is 8.64. The molecule has 0 aliphatic heterocycles. The number of likely N-dealkylation sites (N-methyl/N-ethyl adjacent to an activating group) is 1. The van der Waals surface area contributed by atoms with Crippen LogP contribution in [0.4, 0.5) is 13.2 Å². The molecule has 5 heteroatoms. The van der Waals surface area contributed by atoms with Gasteiger partial charge in [0, 0.05) is 24.4 Å². The Morgan fingerprint density at radius 1 is 1.21 bits per heavy atom. The quantitative estimate of drug-likeness (QED) is 0.906. The molecular weight excluding hydrogens is 253 g/mol. The van der Waals surface area contributed by atoms with E-state index in [4.69, 9.17) is 0 Å². The van der Waals surface area contributed by atoms with E-state index in [9.17, 15) is 13.2 Å². The van der Waals surface area contributed by atoms with Crippen LogP contribution in [0.3, 0.4) is 0 Å². The van der Waals surface area contributed by atoms with Gasteiger partial charge in [0.25, 0.3) is 0 Å². The smallest absolute Gasteiger partial charge is 0.313 e. The van der Waals surface area contributed by atoms with Gasteiger partial charge in [-0.25, -0.2) is 0 Å². The first-order valence-corrected chi connectivity index (χ1v) is 6.40. The molecule has 1 aromatic heterocycles. The third-order valence-electron chi connectivity index (χ3n) is 3.06. The second-order valence-electron chi connectivity index (χ2n) is 5.72. The highest BCUT2D eigenvalue weighted by Crippen LogP contribution is 2.29. The molecule has 0 aliphatic rings. The average molecular weight is 274 g/mol. The van der Waals surface area contributed by atoms with E-state index in [-0.39, 0.29) is 11.5 Å². The standard InChI is InChI=1S/C14H21F3N2/c1-5-18-12(13(2,3)4)8-11-7-6-10(9-19-11)14(15,16)17/h6-7,9,12,18H,5,8H2,1-4H3. The normalized spacial score (nSPS) is 14.5. The van der Waals surface area contributed by atoms with Crippen molar-refractivity contribution in [3.63, 3.8) is 0 Å². The maximum Gasteiger partial charge on any atom is 0.417 e. The summed E-state index contributed by atoms with van der Waals surface area (Å²) in [6.45, 7) is 9.14. The Bertz CT molecular complexity index is 391. The van der Waals surface area contributed by atoms with Crippen LogP contribution in [0.25, 0.3) is 0 Å². The Morgan fingerprint density at radius 2 is 1.84 bits per heavy atom. The average Bonchev–Trinajstić information content (AvgIpc) is 2.26. The third kappa shape index (κ3) is 4.82. The Balaban J connectivity index is 2.81. The van der Waals surface area contributed by atoms with Crippen LogP contribution in [0.15, 0.2) is 18.3 Å². The summed E-state index contributed by atoms with van der Waals surface area (Å²) in [5.41, 5.74) is 0.00120. The molecule has 0 fully saturated rings. The lowest BCUT2D eigenvalue weighted by Gasteiger charge is -2.31. The first-order valence-electron chi connectivity index (χ1n) is 6.40. The second-order valence-corrected chi connectivity index (χ2v) is 5.72. The van der Waals surface area contributed by atoms with Crippen molar-refractivity contribution in [3.8, 4) is 0 Å². The second kappa shape index (κ2) is 5.90. The summed E-state index contributed by atoms with van der Waals surface area (Å²) in [4.78, 5) is 3.92. The van der Waals surface area contributed by atoms with Gasteiger partial charge in [-0.05, 0) is 24.1 Å². The lowest BCUT2D eigenvalue weighted by atomic mass is 9.84. The fourth-order valence-electron chi connectivity index (χ4n) is 1.85. The number of aromatic nitrogens is 1. The Hall–Kier alpha value is -1.10. The highest BCUT2D eigenvalue weighted by atomic mass is 19.4. The lowest BCUT2D eigenvalue weighted by Crippen LogP contribution is -2.42. The van der Waals surface area contributed by atoms with E-state index in [1.54, 1.807) is 0 Å². The summed E-state index contributed by atoms with van der Waals surface area (Å²) in [5.74, 6) is 0. The van der Waals surface area contributed by atoms with Crippen LogP contribution in [0.5, 0.6) is 0 Å². The summed E-state index contributed by atoms with van der Waals surface area (Å²) >= 11 is 0. The van der Waals surface area contributed by atoms with Crippen molar-refractivity contribution in [1.82, 2.24) is 10.3 Å². The van der Waals surface area contributed by atoms with Gasteiger partial charge < -0.3 is 5.32 Å². The zero-order valence-corrected chi connectivity index (χ0v) is 11.8. The molecule has 0 radical (unpaired) electrons. The number of hydrogen-bond donors (Lipinski definition) is 1. The minimum atomic E-state index is -4.32. The predicted molar refractivity (Wildman–Crippen MR) is 69.9 cm³/mol. The molecule has 0 spiro atoms. The molecule has 108 valence electrons. The van der Waals surface area contributed by atoms with Crippen LogP contribution in [-0.2, 0) is 12.6 Å². The van der Waals surface area contributed by atoms with E-state index >= 15 is 0 Å². The van der Waals surface area contributed by atoms with E-state index in [1.807, 2.05) is 6.92 Å². The number of rotatable bonds is 4. The molecule has 1 atom stereocenters. The highest BCUT2D eigenvalue weighted by Gasteiger charge is 2.31. The van der Waals surface area contributed by atoms with Gasteiger partial charge in [0.15, 0.2) is 0 Å². The van der Waals surface area contributed by atoms with Crippen molar-refractivity contribution >= 4 is 0 Å². The number of nitrogens with one attached hydrogen (secondary N) is 1. The molecule has 1 N–H and O–H groups in total. The van der Waals surface area contributed by atoms with E-state index in [0.717, 1.165) is 18.8 Å². The molecule has 1 heterocycles. The molecule has 19 heavy (non-hydrogen) atoms. The van der Waals surface area contributed by atoms with E-state index in [2.05, 4.69) is 31.1 Å². The molecule has 0 saturated heterocycles. The van der Waals surface area contributed by atoms with Crippen LogP contribution in [-0.4, -0.2) is 17.6 Å². The predicted octanol–water partition coefficient (Wildman–Crippen LogP) is 3.67. The summed E-state index contributed by atoms with van der Waals surface area (Å²) in [6.07, 6.45) is -2.80. The Labute approximate surface area is 112 Å². The molecule has 2 nitrogen and oxygen atoms in total. The van der Waals surface area contributed by atoms with Crippen LogP contribution in [0.1, 0.15) is 39.0 Å². The summed E-state index contributed by atoms with van der Waals surface area (Å²) in [5, 5.41) is 3.35. The molecule has 1 rings (SSSR count). The van der Waals surface area contributed by atoms with Crippen molar-refractivity contribution in [2.75, 3.05) is 6.54 Å². The van der Waals surface area contributed by atoms with E-state index in [1.165, 1.54) is 6.07 Å². The number of hydrogen-bond acceptors (Lipinski definition) is 2. The van der Waals surface area contributed by atoms with Gasteiger partial charge in [0.1, 0.15) is 0 Å². The largest absolute Gasteiger partial charge is 0.417 e. The van der Waals surface area contributed by atoms with Gasteiger partial charge in [-0.1, -0.05) is 27.7 Å². The molecule has 0 aliphatic carbocycles. The van der Waals surface area contributed by atoms with Crippen molar-refractivity contribution in [1.29, 1.82) is 0 Å². The first kappa shape index (κ1) is 16.0. The summed E-state index contributed by atoms with van der Waals surface area (Å²) < 4.78 is 37.3. The highest BCUT2D eigenvalue weighted by molar-refractivity contribution is 5.17. The van der Waals surface area contributed by atoms with Gasteiger partial charge in [-0.2, -0.15) is 13.2 Å². The minimum absolute atomic E-state index is 0.0282. The van der Waals surface area contributed by atoms with E-state index < -0.39 is 11.7 Å². The zero-order chi connectivity index (χ0) is 14.7. The number of nitrogens with zero attached hydrogens (tertiary/aromatic N) is 1. The van der Waals surface area contributed by atoms with Crippen molar-refractivity contribution in [2.24, 2.45) is 5.41 Å². The third-order valence-corrected chi connectivity index (χ3v) is 3.06. The molecule has 0 amide bonds. The zero-order valence-electron chi connectivity index (χ0n) is 11.8. The Kier molecular flexibility index (Phi) is 4.96. The number of pyridine rings is 1. The van der Waals surface area contributed by atoms with Crippen molar-refractivity contribution in [3.05, 3.63) is 29.6 Å². The van der Waals surface area contributed by atoms with Gasteiger partial charge in [0.2, 0.25) is 0 Å². The number of alkyl halides is 3. The monoisotopic (exact) mass is 274 g/mol. The molecule has 0 bridgehead atoms. The molecule has 1 aromatic rings. The van der Waals surface area contributed by atoms with Gasteiger partial charge >= 0.3 is 6.18 Å². The Morgan fingerprint density at radius 3 is 2.21 bits per heavy atom. The topological polar surface area (TPSA) is 24.9 Å². The molecular formula is C14H21F3N2. The van der Waals surface area contributed by atoms with E-state index in [0.29, 0.717) is 12.1 Å². The van der Waals surface area contributed by atoms with Crippen LogP contribution in [0, 0.1) is 5.41 Å². The minimum Gasteiger partial charge on any atom is -0.313 e. The van der Waals surface area contributed by atoms with Gasteiger partial charge in [0.05, 0.1) is 5.56 Å². The van der Waals surface area contributed by atoms with Crippen molar-refractivity contribution < 1.29 is 13.2 Å². The van der Waals surface area contributed by atoms with Crippen LogP contribution in [0.2, 0.25) is 0 Å². The van der Waals surface area contributed by atoms with Crippen LogP contribution < -0.4 is 5.32 Å².